The molecule has 1 fully saturated rings. The molecule has 5 nitrogen and oxygen atoms in total. The van der Waals surface area contributed by atoms with Crippen LogP contribution >= 0.6 is 0 Å². The molecule has 0 aromatic carbocycles. The van der Waals surface area contributed by atoms with E-state index in [2.05, 4.69) is 20.8 Å². The van der Waals surface area contributed by atoms with E-state index >= 15 is 0 Å². The molecule has 98 valence electrons. The van der Waals surface area contributed by atoms with E-state index in [0.29, 0.717) is 5.92 Å². The summed E-state index contributed by atoms with van der Waals surface area (Å²) in [4.78, 5) is 23.4. The van der Waals surface area contributed by atoms with E-state index in [9.17, 15) is 9.59 Å². The highest BCUT2D eigenvalue weighted by Gasteiger charge is 2.41. The van der Waals surface area contributed by atoms with Crippen molar-refractivity contribution in [1.82, 2.24) is 4.90 Å². The number of nitrogens with zero attached hydrogens (tertiary/aromatic N) is 1. The van der Waals surface area contributed by atoms with Gasteiger partial charge >= 0.3 is 11.9 Å². The molecule has 1 aliphatic heterocycles. The van der Waals surface area contributed by atoms with Crippen molar-refractivity contribution in [3.05, 3.63) is 0 Å². The minimum absolute atomic E-state index is 0.0896. The van der Waals surface area contributed by atoms with Gasteiger partial charge in [-0.05, 0) is 17.8 Å². The molecule has 0 aromatic heterocycles. The van der Waals surface area contributed by atoms with Gasteiger partial charge in [0.25, 0.3) is 0 Å². The van der Waals surface area contributed by atoms with Crippen LogP contribution < -0.4 is 0 Å². The lowest BCUT2D eigenvalue weighted by Gasteiger charge is -2.48. The van der Waals surface area contributed by atoms with Crippen molar-refractivity contribution in [2.24, 2.45) is 11.3 Å². The average Bonchev–Trinajstić information content (AvgIpc) is 2.04. The molecule has 0 saturated carbocycles. The van der Waals surface area contributed by atoms with E-state index in [0.717, 1.165) is 13.1 Å². The second kappa shape index (κ2) is 5.04. The highest BCUT2D eigenvalue weighted by atomic mass is 16.4. The molecule has 1 aliphatic rings. The number of aliphatic carboxylic acids is 2. The van der Waals surface area contributed by atoms with Crippen molar-refractivity contribution in [3.63, 3.8) is 0 Å². The number of carbonyl (C=O) groups is 2. The van der Waals surface area contributed by atoms with E-state index in [1.165, 1.54) is 0 Å². The number of carboxylic acid groups (broad SMARTS) is 2. The van der Waals surface area contributed by atoms with Crippen LogP contribution in [0, 0.1) is 11.3 Å². The summed E-state index contributed by atoms with van der Waals surface area (Å²) in [6.07, 6.45) is 0.0924. The fourth-order valence-corrected chi connectivity index (χ4v) is 2.04. The van der Waals surface area contributed by atoms with Crippen LogP contribution in [0.15, 0.2) is 0 Å². The summed E-state index contributed by atoms with van der Waals surface area (Å²) >= 11 is 0. The molecular formula is C12H21NO4. The first-order chi connectivity index (χ1) is 7.71. The molecule has 1 unspecified atom stereocenters. The largest absolute Gasteiger partial charge is 0.481 e. The minimum atomic E-state index is -0.941. The molecule has 0 radical (unpaired) electrons. The van der Waals surface area contributed by atoms with Crippen molar-refractivity contribution in [2.75, 3.05) is 13.1 Å². The lowest BCUT2D eigenvalue weighted by molar-refractivity contribution is -0.149. The number of carboxylic acids is 2. The quantitative estimate of drug-likeness (QED) is 0.760. The second-order valence-electron chi connectivity index (χ2n) is 5.80. The molecule has 0 aliphatic carbocycles. The Morgan fingerprint density at radius 1 is 1.29 bits per heavy atom. The smallest absolute Gasteiger partial charge is 0.320 e. The summed E-state index contributed by atoms with van der Waals surface area (Å²) in [5.41, 5.74) is 0.187. The van der Waals surface area contributed by atoms with E-state index in [1.807, 2.05) is 4.90 Å². The van der Waals surface area contributed by atoms with Crippen molar-refractivity contribution in [2.45, 2.75) is 39.7 Å². The van der Waals surface area contributed by atoms with Crippen molar-refractivity contribution < 1.29 is 19.8 Å². The first-order valence-electron chi connectivity index (χ1n) is 5.90. The zero-order chi connectivity index (χ0) is 13.2. The van der Waals surface area contributed by atoms with Gasteiger partial charge in [-0.2, -0.15) is 0 Å². The van der Waals surface area contributed by atoms with Crippen LogP contribution in [-0.2, 0) is 9.59 Å². The van der Waals surface area contributed by atoms with Gasteiger partial charge in [-0.3, -0.25) is 14.5 Å². The van der Waals surface area contributed by atoms with Crippen LogP contribution in [-0.4, -0.2) is 46.2 Å². The molecule has 1 heterocycles. The third-order valence-electron chi connectivity index (χ3n) is 3.49. The van der Waals surface area contributed by atoms with Gasteiger partial charge in [-0.25, -0.2) is 0 Å². The summed E-state index contributed by atoms with van der Waals surface area (Å²) in [5.74, 6) is -1.36. The van der Waals surface area contributed by atoms with E-state index in [4.69, 9.17) is 10.2 Å². The Kier molecular flexibility index (Phi) is 4.14. The molecule has 0 spiro atoms. The Hall–Kier alpha value is -1.10. The number of rotatable bonds is 5. The van der Waals surface area contributed by atoms with Crippen LogP contribution in [0.5, 0.6) is 0 Å². The lowest BCUT2D eigenvalue weighted by atomic mass is 9.75. The fourth-order valence-electron chi connectivity index (χ4n) is 2.04. The summed E-state index contributed by atoms with van der Waals surface area (Å²) in [5, 5.41) is 17.7. The van der Waals surface area contributed by atoms with Gasteiger partial charge in [0, 0.05) is 19.5 Å². The van der Waals surface area contributed by atoms with Gasteiger partial charge < -0.3 is 10.2 Å². The first kappa shape index (κ1) is 14.0. The molecule has 2 N–H and O–H groups in total. The Balaban J connectivity index is 2.47. The van der Waals surface area contributed by atoms with Crippen LogP contribution in [0.1, 0.15) is 33.6 Å². The Bertz CT molecular complexity index is 302. The molecule has 0 aromatic rings. The van der Waals surface area contributed by atoms with Gasteiger partial charge in [0.2, 0.25) is 0 Å². The zero-order valence-electron chi connectivity index (χ0n) is 10.6. The lowest BCUT2D eigenvalue weighted by Crippen LogP contribution is -2.58. The summed E-state index contributed by atoms with van der Waals surface area (Å²) in [6.45, 7) is 7.92. The highest BCUT2D eigenvalue weighted by molar-refractivity contribution is 5.75. The predicted octanol–water partition coefficient (Wildman–Crippen LogP) is 1.28. The second-order valence-corrected chi connectivity index (χ2v) is 5.80. The molecule has 1 atom stereocenters. The third-order valence-corrected chi connectivity index (χ3v) is 3.49. The average molecular weight is 243 g/mol. The van der Waals surface area contributed by atoms with E-state index in [-0.39, 0.29) is 18.3 Å². The Morgan fingerprint density at radius 2 is 1.82 bits per heavy atom. The molecule has 1 saturated heterocycles. The van der Waals surface area contributed by atoms with Crippen LogP contribution in [0.25, 0.3) is 0 Å². The van der Waals surface area contributed by atoms with Crippen LogP contribution in [0.2, 0.25) is 0 Å². The van der Waals surface area contributed by atoms with Crippen molar-refractivity contribution >= 4 is 11.9 Å². The van der Waals surface area contributed by atoms with Gasteiger partial charge in [-0.15, -0.1) is 0 Å². The molecule has 0 bridgehead atoms. The van der Waals surface area contributed by atoms with E-state index in [1.54, 1.807) is 0 Å². The molecule has 17 heavy (non-hydrogen) atoms. The molecule has 1 rings (SSSR count). The summed E-state index contributed by atoms with van der Waals surface area (Å²) in [7, 11) is 0. The van der Waals surface area contributed by atoms with Gasteiger partial charge in [0.1, 0.15) is 6.04 Å². The Morgan fingerprint density at radius 3 is 2.18 bits per heavy atom. The maximum absolute atomic E-state index is 11.1. The predicted molar refractivity (Wildman–Crippen MR) is 62.8 cm³/mol. The third kappa shape index (κ3) is 3.70. The number of hydrogen-bond acceptors (Lipinski definition) is 3. The zero-order valence-corrected chi connectivity index (χ0v) is 10.6. The summed E-state index contributed by atoms with van der Waals surface area (Å²) < 4.78 is 0. The SMILES string of the molecule is CC(C)(C)C1CN(C(CCC(=O)O)C(=O)O)C1. The highest BCUT2D eigenvalue weighted by Crippen LogP contribution is 2.35. The maximum Gasteiger partial charge on any atom is 0.320 e. The molecule has 5 heteroatoms. The standard InChI is InChI=1S/C12H21NO4/c1-12(2,3)8-6-13(7-8)9(11(16)17)4-5-10(14)15/h8-9H,4-7H2,1-3H3,(H,14,15)(H,16,17). The monoisotopic (exact) mass is 243 g/mol. The normalized spacial score (nSPS) is 19.7. The van der Waals surface area contributed by atoms with Gasteiger partial charge in [0.15, 0.2) is 0 Å². The number of likely N-dealkylation sites (tertiary alicyclic amines) is 1. The topological polar surface area (TPSA) is 77.8 Å². The maximum atomic E-state index is 11.1. The summed E-state index contributed by atoms with van der Waals surface area (Å²) in [6, 6.07) is -0.648. The molecule has 0 amide bonds. The van der Waals surface area contributed by atoms with Gasteiger partial charge in [0.05, 0.1) is 0 Å². The van der Waals surface area contributed by atoms with Crippen LogP contribution in [0.3, 0.4) is 0 Å². The molecular weight excluding hydrogens is 222 g/mol. The van der Waals surface area contributed by atoms with Crippen molar-refractivity contribution in [3.8, 4) is 0 Å². The first-order valence-corrected chi connectivity index (χ1v) is 5.90. The Labute approximate surface area is 101 Å². The van der Waals surface area contributed by atoms with Gasteiger partial charge in [-0.1, -0.05) is 20.8 Å². The fraction of sp³-hybridized carbons (Fsp3) is 0.833. The minimum Gasteiger partial charge on any atom is -0.481 e. The van der Waals surface area contributed by atoms with Crippen LogP contribution in [0.4, 0.5) is 0 Å². The van der Waals surface area contributed by atoms with Crippen molar-refractivity contribution in [1.29, 1.82) is 0 Å². The number of hydrogen-bond donors (Lipinski definition) is 2. The van der Waals surface area contributed by atoms with E-state index < -0.39 is 18.0 Å².